The van der Waals surface area contributed by atoms with Crippen LogP contribution >= 0.6 is 0 Å². The first-order valence-electron chi connectivity index (χ1n) is 7.33. The lowest BCUT2D eigenvalue weighted by molar-refractivity contribution is -0.139. The lowest BCUT2D eigenvalue weighted by atomic mass is 10.1. The van der Waals surface area contributed by atoms with Crippen LogP contribution in [0.15, 0.2) is 0 Å². The summed E-state index contributed by atoms with van der Waals surface area (Å²) in [6.45, 7) is 9.97. The van der Waals surface area contributed by atoms with Crippen LogP contribution in [0.4, 0.5) is 0 Å². The van der Waals surface area contributed by atoms with Crippen LogP contribution in [-0.2, 0) is 14.3 Å². The first kappa shape index (κ1) is 14.8. The summed E-state index contributed by atoms with van der Waals surface area (Å²) in [4.78, 5) is 14.3. The quantitative estimate of drug-likeness (QED) is 0.814. The van der Waals surface area contributed by atoms with E-state index < -0.39 is 0 Å². The average Bonchev–Trinajstić information content (AvgIpc) is 2.85. The van der Waals surface area contributed by atoms with Crippen molar-refractivity contribution in [3.63, 3.8) is 0 Å². The van der Waals surface area contributed by atoms with E-state index >= 15 is 0 Å². The summed E-state index contributed by atoms with van der Waals surface area (Å²) in [5.41, 5.74) is 0. The van der Waals surface area contributed by atoms with E-state index in [1.54, 1.807) is 0 Å². The van der Waals surface area contributed by atoms with Crippen molar-refractivity contribution < 1.29 is 14.3 Å². The molecule has 2 saturated heterocycles. The topological polar surface area (TPSA) is 50.8 Å². The number of likely N-dealkylation sites (tertiary alicyclic amines) is 1. The Labute approximate surface area is 115 Å². The minimum Gasteiger partial charge on any atom is -0.376 e. The zero-order valence-corrected chi connectivity index (χ0v) is 12.2. The molecule has 19 heavy (non-hydrogen) atoms. The van der Waals surface area contributed by atoms with Crippen LogP contribution in [0, 0.1) is 5.92 Å². The van der Waals surface area contributed by atoms with Gasteiger partial charge in [-0.25, -0.2) is 0 Å². The number of amides is 1. The summed E-state index contributed by atoms with van der Waals surface area (Å²) in [7, 11) is 0. The third-order valence-electron chi connectivity index (χ3n) is 3.70. The summed E-state index contributed by atoms with van der Waals surface area (Å²) in [5, 5.41) is 3.25. The van der Waals surface area contributed by atoms with Gasteiger partial charge in [-0.1, -0.05) is 13.8 Å². The van der Waals surface area contributed by atoms with Crippen LogP contribution in [0.3, 0.4) is 0 Å². The van der Waals surface area contributed by atoms with Gasteiger partial charge >= 0.3 is 0 Å². The molecule has 0 radical (unpaired) electrons. The standard InChI is InChI=1S/C14H26N2O3/c1-10(2)9-19-12-4-6-16(8-12)14(17)13-11(3)18-7-5-15-13/h10-13,15H,4-9H2,1-3H3/t11-,12?,13+/m1/s1. The number of hydrogen-bond donors (Lipinski definition) is 1. The minimum atomic E-state index is -0.197. The predicted molar refractivity (Wildman–Crippen MR) is 73.0 cm³/mol. The molecule has 3 atom stereocenters. The van der Waals surface area contributed by atoms with Gasteiger partial charge in [-0.2, -0.15) is 0 Å². The van der Waals surface area contributed by atoms with Crippen LogP contribution in [0.2, 0.25) is 0 Å². The van der Waals surface area contributed by atoms with Gasteiger partial charge in [-0.15, -0.1) is 0 Å². The zero-order chi connectivity index (χ0) is 13.8. The van der Waals surface area contributed by atoms with Crippen LogP contribution in [0.1, 0.15) is 27.2 Å². The second-order valence-electron chi connectivity index (χ2n) is 5.93. The Morgan fingerprint density at radius 3 is 3.00 bits per heavy atom. The largest absolute Gasteiger partial charge is 0.376 e. The molecule has 5 heteroatoms. The van der Waals surface area contributed by atoms with Crippen molar-refractivity contribution in [1.82, 2.24) is 10.2 Å². The predicted octanol–water partition coefficient (Wildman–Crippen LogP) is 0.637. The third-order valence-corrected chi connectivity index (χ3v) is 3.70. The minimum absolute atomic E-state index is 0.0446. The number of hydrogen-bond acceptors (Lipinski definition) is 4. The average molecular weight is 270 g/mol. The lowest BCUT2D eigenvalue weighted by Gasteiger charge is -2.32. The van der Waals surface area contributed by atoms with Gasteiger partial charge in [0.15, 0.2) is 0 Å². The van der Waals surface area contributed by atoms with E-state index in [0.29, 0.717) is 12.5 Å². The Hall–Kier alpha value is -0.650. The van der Waals surface area contributed by atoms with E-state index in [0.717, 1.165) is 32.7 Å². The van der Waals surface area contributed by atoms with E-state index in [1.807, 2.05) is 11.8 Å². The van der Waals surface area contributed by atoms with Crippen LogP contribution in [0.5, 0.6) is 0 Å². The zero-order valence-electron chi connectivity index (χ0n) is 12.2. The van der Waals surface area contributed by atoms with Crippen molar-refractivity contribution in [1.29, 1.82) is 0 Å². The van der Waals surface area contributed by atoms with Crippen LogP contribution in [0.25, 0.3) is 0 Å². The molecule has 0 aromatic carbocycles. The first-order valence-corrected chi connectivity index (χ1v) is 7.33. The molecule has 1 N–H and O–H groups in total. The fourth-order valence-corrected chi connectivity index (χ4v) is 2.60. The van der Waals surface area contributed by atoms with E-state index in [2.05, 4.69) is 19.2 Å². The maximum atomic E-state index is 12.4. The molecular weight excluding hydrogens is 244 g/mol. The molecule has 2 fully saturated rings. The number of morpholine rings is 1. The SMILES string of the molecule is CC(C)COC1CCN(C(=O)[C@H]2NCCO[C@@H]2C)C1. The Morgan fingerprint density at radius 1 is 1.53 bits per heavy atom. The van der Waals surface area contributed by atoms with E-state index in [9.17, 15) is 4.79 Å². The van der Waals surface area contributed by atoms with E-state index in [4.69, 9.17) is 9.47 Å². The molecule has 0 aromatic rings. The van der Waals surface area contributed by atoms with Crippen LogP contribution < -0.4 is 5.32 Å². The molecule has 110 valence electrons. The highest BCUT2D eigenvalue weighted by molar-refractivity contribution is 5.83. The molecule has 1 unspecified atom stereocenters. The summed E-state index contributed by atoms with van der Waals surface area (Å²) in [5.74, 6) is 0.695. The fraction of sp³-hybridized carbons (Fsp3) is 0.929. The maximum Gasteiger partial charge on any atom is 0.242 e. The molecular formula is C14H26N2O3. The smallest absolute Gasteiger partial charge is 0.242 e. The highest BCUT2D eigenvalue weighted by Gasteiger charge is 2.35. The molecule has 2 aliphatic heterocycles. The summed E-state index contributed by atoms with van der Waals surface area (Å²) >= 11 is 0. The third kappa shape index (κ3) is 3.91. The van der Waals surface area contributed by atoms with Crippen molar-refractivity contribution in [3.8, 4) is 0 Å². The molecule has 0 bridgehead atoms. The molecule has 0 spiro atoms. The Kier molecular flexibility index (Phi) is 5.19. The molecule has 0 aromatic heterocycles. The second-order valence-corrected chi connectivity index (χ2v) is 5.93. The number of rotatable bonds is 4. The monoisotopic (exact) mass is 270 g/mol. The van der Waals surface area contributed by atoms with Crippen molar-refractivity contribution in [2.24, 2.45) is 5.92 Å². The number of carbonyl (C=O) groups is 1. The second kappa shape index (κ2) is 6.68. The normalized spacial score (nSPS) is 32.0. The van der Waals surface area contributed by atoms with Gasteiger partial charge in [0, 0.05) is 26.2 Å². The molecule has 1 amide bonds. The highest BCUT2D eigenvalue weighted by Crippen LogP contribution is 2.17. The van der Waals surface area contributed by atoms with E-state index in [1.165, 1.54) is 0 Å². The van der Waals surface area contributed by atoms with Gasteiger partial charge in [0.1, 0.15) is 6.04 Å². The number of nitrogens with zero attached hydrogens (tertiary/aromatic N) is 1. The van der Waals surface area contributed by atoms with Gasteiger partial charge in [0.25, 0.3) is 0 Å². The maximum absolute atomic E-state index is 12.4. The summed E-state index contributed by atoms with van der Waals surface area (Å²) < 4.78 is 11.3. The number of ether oxygens (including phenoxy) is 2. The van der Waals surface area contributed by atoms with Gasteiger partial charge in [-0.05, 0) is 19.3 Å². The summed E-state index contributed by atoms with van der Waals surface area (Å²) in [6, 6.07) is -0.197. The highest BCUT2D eigenvalue weighted by atomic mass is 16.5. The van der Waals surface area contributed by atoms with Crippen LogP contribution in [-0.4, -0.2) is 61.9 Å². The molecule has 2 heterocycles. The molecule has 2 rings (SSSR count). The summed E-state index contributed by atoms with van der Waals surface area (Å²) in [6.07, 6.45) is 1.10. The van der Waals surface area contributed by atoms with Gasteiger partial charge in [0.05, 0.1) is 18.8 Å². The Morgan fingerprint density at radius 2 is 2.32 bits per heavy atom. The first-order chi connectivity index (χ1) is 9.08. The fourth-order valence-electron chi connectivity index (χ4n) is 2.60. The molecule has 0 saturated carbocycles. The number of carbonyl (C=O) groups excluding carboxylic acids is 1. The van der Waals surface area contributed by atoms with Crippen molar-refractivity contribution in [2.45, 2.75) is 45.4 Å². The Balaban J connectivity index is 1.81. The molecule has 0 aliphatic carbocycles. The van der Waals surface area contributed by atoms with Gasteiger partial charge in [0.2, 0.25) is 5.91 Å². The van der Waals surface area contributed by atoms with Gasteiger partial charge in [-0.3, -0.25) is 4.79 Å². The molecule has 2 aliphatic rings. The Bertz CT molecular complexity index is 309. The van der Waals surface area contributed by atoms with Crippen molar-refractivity contribution >= 4 is 5.91 Å². The van der Waals surface area contributed by atoms with E-state index in [-0.39, 0.29) is 24.2 Å². The van der Waals surface area contributed by atoms with Crippen molar-refractivity contribution in [2.75, 3.05) is 32.8 Å². The van der Waals surface area contributed by atoms with Gasteiger partial charge < -0.3 is 19.7 Å². The lowest BCUT2D eigenvalue weighted by Crippen LogP contribution is -2.56. The van der Waals surface area contributed by atoms with Crippen molar-refractivity contribution in [3.05, 3.63) is 0 Å². The molecule has 5 nitrogen and oxygen atoms in total. The number of nitrogens with one attached hydrogen (secondary N) is 1.